The van der Waals surface area contributed by atoms with Crippen LogP contribution in [0.3, 0.4) is 0 Å². The van der Waals surface area contributed by atoms with E-state index in [-0.39, 0.29) is 0 Å². The summed E-state index contributed by atoms with van der Waals surface area (Å²) in [6, 6.07) is 4.26. The van der Waals surface area contributed by atoms with E-state index >= 15 is 0 Å². The zero-order chi connectivity index (χ0) is 15.2. The van der Waals surface area contributed by atoms with Gasteiger partial charge in [0.2, 0.25) is 0 Å². The quantitative estimate of drug-likeness (QED) is 0.742. The lowest BCUT2D eigenvalue weighted by Crippen LogP contribution is -2.21. The van der Waals surface area contributed by atoms with Crippen LogP contribution in [0.1, 0.15) is 30.7 Å². The van der Waals surface area contributed by atoms with Crippen molar-refractivity contribution in [2.75, 3.05) is 13.6 Å². The molecular formula is C16H23BrN2OS. The van der Waals surface area contributed by atoms with E-state index < -0.39 is 0 Å². The minimum atomic E-state index is 0.656. The van der Waals surface area contributed by atoms with Gasteiger partial charge >= 0.3 is 0 Å². The molecule has 5 heteroatoms. The average molecular weight is 371 g/mol. The SMILES string of the molecule is CC(C)CNCc1occc1CN(C)Cc1csc(Br)c1. The predicted molar refractivity (Wildman–Crippen MR) is 92.4 cm³/mol. The average Bonchev–Trinajstić information content (AvgIpc) is 2.99. The van der Waals surface area contributed by atoms with Crippen LogP contribution in [0.15, 0.2) is 32.0 Å². The highest BCUT2D eigenvalue weighted by Crippen LogP contribution is 2.22. The molecule has 0 aliphatic rings. The van der Waals surface area contributed by atoms with Crippen LogP contribution in [0.2, 0.25) is 0 Å². The molecule has 0 unspecified atom stereocenters. The molecule has 0 saturated heterocycles. The fourth-order valence-electron chi connectivity index (χ4n) is 2.22. The zero-order valence-electron chi connectivity index (χ0n) is 12.9. The Labute approximate surface area is 139 Å². The van der Waals surface area contributed by atoms with Crippen molar-refractivity contribution < 1.29 is 4.42 Å². The van der Waals surface area contributed by atoms with Gasteiger partial charge in [-0.1, -0.05) is 13.8 Å². The Hall–Kier alpha value is -0.620. The number of hydrogen-bond acceptors (Lipinski definition) is 4. The van der Waals surface area contributed by atoms with E-state index in [1.165, 1.54) is 14.9 Å². The molecule has 0 aromatic carbocycles. The second-order valence-electron chi connectivity index (χ2n) is 5.83. The molecule has 0 bridgehead atoms. The lowest BCUT2D eigenvalue weighted by molar-refractivity contribution is 0.315. The van der Waals surface area contributed by atoms with Gasteiger partial charge in [-0.25, -0.2) is 0 Å². The molecule has 0 atom stereocenters. The number of thiophene rings is 1. The molecule has 0 spiro atoms. The van der Waals surface area contributed by atoms with Crippen molar-refractivity contribution in [2.45, 2.75) is 33.5 Å². The fraction of sp³-hybridized carbons (Fsp3) is 0.500. The number of furan rings is 1. The Morgan fingerprint density at radius 2 is 2.19 bits per heavy atom. The molecular weight excluding hydrogens is 348 g/mol. The maximum atomic E-state index is 5.61. The van der Waals surface area contributed by atoms with E-state index in [2.05, 4.69) is 64.6 Å². The summed E-state index contributed by atoms with van der Waals surface area (Å²) in [5.74, 6) is 1.71. The van der Waals surface area contributed by atoms with Gasteiger partial charge in [0.15, 0.2) is 0 Å². The zero-order valence-corrected chi connectivity index (χ0v) is 15.3. The largest absolute Gasteiger partial charge is 0.468 e. The highest BCUT2D eigenvalue weighted by atomic mass is 79.9. The van der Waals surface area contributed by atoms with Gasteiger partial charge in [0.25, 0.3) is 0 Å². The number of halogens is 1. The second-order valence-corrected chi connectivity index (χ2v) is 8.12. The minimum Gasteiger partial charge on any atom is -0.468 e. The molecule has 2 aromatic rings. The molecule has 2 aromatic heterocycles. The fourth-order valence-corrected chi connectivity index (χ4v) is 3.42. The number of rotatable bonds is 8. The molecule has 116 valence electrons. The molecule has 0 amide bonds. The molecule has 3 nitrogen and oxygen atoms in total. The van der Waals surface area contributed by atoms with Crippen LogP contribution in [-0.4, -0.2) is 18.5 Å². The van der Waals surface area contributed by atoms with Crippen molar-refractivity contribution in [3.63, 3.8) is 0 Å². The lowest BCUT2D eigenvalue weighted by Gasteiger charge is -2.16. The van der Waals surface area contributed by atoms with E-state index in [1.54, 1.807) is 17.6 Å². The molecule has 0 aliphatic heterocycles. The summed E-state index contributed by atoms with van der Waals surface area (Å²) in [4.78, 5) is 2.31. The Kier molecular flexibility index (Phi) is 6.48. The molecule has 2 rings (SSSR count). The van der Waals surface area contributed by atoms with Gasteiger partial charge in [-0.15, -0.1) is 11.3 Å². The molecule has 0 saturated carbocycles. The van der Waals surface area contributed by atoms with Gasteiger partial charge in [-0.05, 0) is 58.5 Å². The van der Waals surface area contributed by atoms with Crippen molar-refractivity contribution >= 4 is 27.3 Å². The monoisotopic (exact) mass is 370 g/mol. The number of nitrogens with zero attached hydrogens (tertiary/aromatic N) is 1. The van der Waals surface area contributed by atoms with Crippen molar-refractivity contribution in [3.8, 4) is 0 Å². The normalized spacial score (nSPS) is 11.7. The second kappa shape index (κ2) is 8.13. The van der Waals surface area contributed by atoms with Crippen molar-refractivity contribution in [1.29, 1.82) is 0 Å². The molecule has 0 fully saturated rings. The van der Waals surface area contributed by atoms with Gasteiger partial charge in [-0.2, -0.15) is 0 Å². The smallest absolute Gasteiger partial charge is 0.122 e. The maximum Gasteiger partial charge on any atom is 0.122 e. The van der Waals surface area contributed by atoms with E-state index in [0.717, 1.165) is 31.9 Å². The summed E-state index contributed by atoms with van der Waals surface area (Å²) >= 11 is 5.24. The number of nitrogens with one attached hydrogen (secondary N) is 1. The highest BCUT2D eigenvalue weighted by molar-refractivity contribution is 9.11. The lowest BCUT2D eigenvalue weighted by atomic mass is 10.2. The van der Waals surface area contributed by atoms with Crippen LogP contribution in [0, 0.1) is 5.92 Å². The van der Waals surface area contributed by atoms with Crippen LogP contribution >= 0.6 is 27.3 Å². The molecule has 0 radical (unpaired) electrons. The molecule has 21 heavy (non-hydrogen) atoms. The van der Waals surface area contributed by atoms with E-state index in [4.69, 9.17) is 4.42 Å². The molecule has 0 aliphatic carbocycles. The van der Waals surface area contributed by atoms with Crippen LogP contribution in [0.4, 0.5) is 0 Å². The first-order valence-corrected chi connectivity index (χ1v) is 8.89. The third-order valence-corrected chi connectivity index (χ3v) is 4.74. The van der Waals surface area contributed by atoms with Crippen LogP contribution in [-0.2, 0) is 19.6 Å². The highest BCUT2D eigenvalue weighted by Gasteiger charge is 2.10. The first-order chi connectivity index (χ1) is 10.0. The van der Waals surface area contributed by atoms with Crippen molar-refractivity contribution in [2.24, 2.45) is 5.92 Å². The van der Waals surface area contributed by atoms with E-state index in [9.17, 15) is 0 Å². The summed E-state index contributed by atoms with van der Waals surface area (Å²) in [5.41, 5.74) is 2.61. The third-order valence-electron chi connectivity index (χ3n) is 3.19. The maximum absolute atomic E-state index is 5.61. The van der Waals surface area contributed by atoms with Crippen molar-refractivity contribution in [1.82, 2.24) is 10.2 Å². The van der Waals surface area contributed by atoms with Crippen LogP contribution in [0.25, 0.3) is 0 Å². The molecule has 1 N–H and O–H groups in total. The summed E-state index contributed by atoms with van der Waals surface area (Å²) in [7, 11) is 2.14. The van der Waals surface area contributed by atoms with Gasteiger partial charge in [0, 0.05) is 18.7 Å². The third kappa shape index (κ3) is 5.58. The Bertz CT molecular complexity index is 550. The van der Waals surface area contributed by atoms with Gasteiger partial charge in [0.05, 0.1) is 16.6 Å². The Morgan fingerprint density at radius 3 is 2.86 bits per heavy atom. The summed E-state index contributed by atoms with van der Waals surface area (Å²) in [6.45, 7) is 8.09. The summed E-state index contributed by atoms with van der Waals surface area (Å²) < 4.78 is 6.79. The summed E-state index contributed by atoms with van der Waals surface area (Å²) in [5, 5.41) is 5.63. The predicted octanol–water partition coefficient (Wildman–Crippen LogP) is 4.48. The first kappa shape index (κ1) is 16.7. The van der Waals surface area contributed by atoms with Gasteiger partial charge < -0.3 is 9.73 Å². The van der Waals surface area contributed by atoms with Gasteiger partial charge in [-0.3, -0.25) is 4.90 Å². The van der Waals surface area contributed by atoms with Crippen LogP contribution < -0.4 is 5.32 Å². The van der Waals surface area contributed by atoms with E-state index in [0.29, 0.717) is 5.92 Å². The Balaban J connectivity index is 1.86. The van der Waals surface area contributed by atoms with Crippen molar-refractivity contribution in [3.05, 3.63) is 44.4 Å². The first-order valence-electron chi connectivity index (χ1n) is 7.22. The summed E-state index contributed by atoms with van der Waals surface area (Å²) in [6.07, 6.45) is 1.79. The van der Waals surface area contributed by atoms with Gasteiger partial charge in [0.1, 0.15) is 5.76 Å². The molecule has 2 heterocycles. The van der Waals surface area contributed by atoms with E-state index in [1.807, 2.05) is 0 Å². The number of hydrogen-bond donors (Lipinski definition) is 1. The minimum absolute atomic E-state index is 0.656. The topological polar surface area (TPSA) is 28.4 Å². The Morgan fingerprint density at radius 1 is 1.38 bits per heavy atom. The van der Waals surface area contributed by atoms with Crippen LogP contribution in [0.5, 0.6) is 0 Å². The standard InChI is InChI=1S/C16H23BrN2OS/c1-12(2)7-18-8-15-14(4-5-20-15)10-19(3)9-13-6-16(17)21-11-13/h4-6,11-12,18H,7-10H2,1-3H3.